The standard InChI is InChI=1S/C29H33N5O6/c1-29(2,3)40-28(39)33-11-10-17-13-22(7-6-19(17)14-33)30-27(38)32-25(36)18-4-5-20-15-34(16-21(20)12-18)23-8-9-24(35)31-26(23)37/h4-7,12-13,23H,8-11,14-16H2,1-3H3,(H,31,35,37)(H2,30,32,36,38). The lowest BCUT2D eigenvalue weighted by molar-refractivity contribution is -0.137. The van der Waals surface area contributed by atoms with Crippen molar-refractivity contribution in [2.75, 3.05) is 11.9 Å². The van der Waals surface area contributed by atoms with Crippen molar-refractivity contribution < 1.29 is 28.7 Å². The van der Waals surface area contributed by atoms with Gasteiger partial charge >= 0.3 is 12.1 Å². The van der Waals surface area contributed by atoms with E-state index in [1.165, 1.54) is 0 Å². The second-order valence-electron chi connectivity index (χ2n) is 11.4. The number of hydrogen-bond donors (Lipinski definition) is 3. The number of nitrogens with zero attached hydrogens (tertiary/aromatic N) is 2. The minimum atomic E-state index is -0.651. The van der Waals surface area contributed by atoms with E-state index in [0.717, 1.165) is 22.3 Å². The highest BCUT2D eigenvalue weighted by Crippen LogP contribution is 2.28. The van der Waals surface area contributed by atoms with Gasteiger partial charge in [0.15, 0.2) is 0 Å². The highest BCUT2D eigenvalue weighted by atomic mass is 16.6. The van der Waals surface area contributed by atoms with Gasteiger partial charge in [0.05, 0.1) is 6.04 Å². The van der Waals surface area contributed by atoms with Gasteiger partial charge in [-0.2, -0.15) is 0 Å². The SMILES string of the molecule is CC(C)(C)OC(=O)N1CCc2cc(NC(=O)NC(=O)c3ccc4c(c3)CN(C3CCC(=O)NC3=O)C4)ccc2C1. The van der Waals surface area contributed by atoms with Crippen LogP contribution in [-0.4, -0.2) is 57.8 Å². The molecular formula is C29H33N5O6. The quantitative estimate of drug-likeness (QED) is 0.502. The first-order chi connectivity index (χ1) is 18.9. The number of urea groups is 1. The Labute approximate surface area is 232 Å². The molecule has 1 saturated heterocycles. The molecule has 1 fully saturated rings. The fourth-order valence-corrected chi connectivity index (χ4v) is 5.26. The van der Waals surface area contributed by atoms with Crippen LogP contribution in [0.15, 0.2) is 36.4 Å². The summed E-state index contributed by atoms with van der Waals surface area (Å²) in [5.41, 5.74) is 4.23. The van der Waals surface area contributed by atoms with Crippen molar-refractivity contribution in [3.05, 3.63) is 64.2 Å². The zero-order valence-corrected chi connectivity index (χ0v) is 22.8. The second-order valence-corrected chi connectivity index (χ2v) is 11.4. The Morgan fingerprint density at radius 1 is 0.925 bits per heavy atom. The Bertz CT molecular complexity index is 1400. The molecule has 1 atom stereocenters. The average molecular weight is 548 g/mol. The highest BCUT2D eigenvalue weighted by molar-refractivity contribution is 6.08. The summed E-state index contributed by atoms with van der Waals surface area (Å²) in [6.45, 7) is 7.47. The Balaban J connectivity index is 1.16. The maximum Gasteiger partial charge on any atom is 0.410 e. The molecule has 3 aliphatic rings. The molecule has 210 valence electrons. The molecule has 5 rings (SSSR count). The van der Waals surface area contributed by atoms with Gasteiger partial charge in [-0.25, -0.2) is 9.59 Å². The number of rotatable bonds is 3. The lowest BCUT2D eigenvalue weighted by atomic mass is 9.99. The molecule has 11 heteroatoms. The molecule has 0 bridgehead atoms. The summed E-state index contributed by atoms with van der Waals surface area (Å²) in [5.74, 6) is -1.08. The number of hydrogen-bond acceptors (Lipinski definition) is 7. The van der Waals surface area contributed by atoms with E-state index >= 15 is 0 Å². The van der Waals surface area contributed by atoms with Gasteiger partial charge in [0.2, 0.25) is 11.8 Å². The van der Waals surface area contributed by atoms with Crippen LogP contribution < -0.4 is 16.0 Å². The fourth-order valence-electron chi connectivity index (χ4n) is 5.26. The van der Waals surface area contributed by atoms with E-state index in [2.05, 4.69) is 16.0 Å². The fraction of sp³-hybridized carbons (Fsp3) is 0.414. The monoisotopic (exact) mass is 547 g/mol. The van der Waals surface area contributed by atoms with Crippen molar-refractivity contribution in [3.8, 4) is 0 Å². The van der Waals surface area contributed by atoms with Crippen molar-refractivity contribution in [2.24, 2.45) is 0 Å². The molecular weight excluding hydrogens is 514 g/mol. The van der Waals surface area contributed by atoms with E-state index < -0.39 is 17.5 Å². The van der Waals surface area contributed by atoms with Crippen LogP contribution in [0.25, 0.3) is 0 Å². The Morgan fingerprint density at radius 3 is 2.40 bits per heavy atom. The number of amides is 6. The van der Waals surface area contributed by atoms with Gasteiger partial charge in [-0.3, -0.25) is 29.9 Å². The molecule has 3 N–H and O–H groups in total. The first-order valence-electron chi connectivity index (χ1n) is 13.4. The van der Waals surface area contributed by atoms with Gasteiger partial charge in [0, 0.05) is 43.9 Å². The van der Waals surface area contributed by atoms with E-state index in [4.69, 9.17) is 4.74 Å². The molecule has 0 spiro atoms. The molecule has 2 aromatic carbocycles. The van der Waals surface area contributed by atoms with E-state index in [-0.39, 0.29) is 23.9 Å². The van der Waals surface area contributed by atoms with Crippen LogP contribution in [0.1, 0.15) is 66.2 Å². The van der Waals surface area contributed by atoms with Gasteiger partial charge in [-0.15, -0.1) is 0 Å². The summed E-state index contributed by atoms with van der Waals surface area (Å²) in [7, 11) is 0. The van der Waals surface area contributed by atoms with Crippen LogP contribution in [0.5, 0.6) is 0 Å². The van der Waals surface area contributed by atoms with Gasteiger partial charge in [-0.05, 0) is 80.1 Å². The van der Waals surface area contributed by atoms with E-state index in [9.17, 15) is 24.0 Å². The number of imide groups is 2. The molecule has 3 heterocycles. The summed E-state index contributed by atoms with van der Waals surface area (Å²) in [4.78, 5) is 65.2. The van der Waals surface area contributed by atoms with Crippen molar-refractivity contribution in [1.29, 1.82) is 0 Å². The summed E-state index contributed by atoms with van der Waals surface area (Å²) < 4.78 is 5.47. The van der Waals surface area contributed by atoms with Crippen LogP contribution in [0, 0.1) is 0 Å². The van der Waals surface area contributed by atoms with E-state index in [1.54, 1.807) is 23.1 Å². The minimum absolute atomic E-state index is 0.254. The van der Waals surface area contributed by atoms with Crippen molar-refractivity contribution in [3.63, 3.8) is 0 Å². The summed E-state index contributed by atoms with van der Waals surface area (Å²) in [6, 6.07) is 9.64. The lowest BCUT2D eigenvalue weighted by Crippen LogP contribution is -2.50. The Morgan fingerprint density at radius 2 is 1.65 bits per heavy atom. The number of benzene rings is 2. The third-order valence-corrected chi connectivity index (χ3v) is 7.22. The predicted octanol–water partition coefficient (Wildman–Crippen LogP) is 3.06. The predicted molar refractivity (Wildman–Crippen MR) is 145 cm³/mol. The summed E-state index contributed by atoms with van der Waals surface area (Å²) >= 11 is 0. The van der Waals surface area contributed by atoms with Crippen molar-refractivity contribution in [1.82, 2.24) is 20.4 Å². The average Bonchev–Trinajstić information content (AvgIpc) is 3.30. The first-order valence-corrected chi connectivity index (χ1v) is 13.4. The number of carbonyl (C=O) groups is 5. The molecule has 2 aromatic rings. The molecule has 40 heavy (non-hydrogen) atoms. The Hall–Kier alpha value is -4.25. The number of ether oxygens (including phenoxy) is 1. The lowest BCUT2D eigenvalue weighted by Gasteiger charge is -2.31. The van der Waals surface area contributed by atoms with Gasteiger partial charge in [0.25, 0.3) is 5.91 Å². The van der Waals surface area contributed by atoms with Crippen LogP contribution >= 0.6 is 0 Å². The Kier molecular flexibility index (Phi) is 7.33. The molecule has 0 aromatic heterocycles. The van der Waals surface area contributed by atoms with Gasteiger partial charge in [0.1, 0.15) is 5.60 Å². The van der Waals surface area contributed by atoms with Crippen LogP contribution in [0.3, 0.4) is 0 Å². The summed E-state index contributed by atoms with van der Waals surface area (Å²) in [5, 5.41) is 7.47. The second kappa shape index (κ2) is 10.7. The molecule has 1 unspecified atom stereocenters. The van der Waals surface area contributed by atoms with Crippen molar-refractivity contribution >= 4 is 35.5 Å². The largest absolute Gasteiger partial charge is 0.444 e. The zero-order valence-electron chi connectivity index (χ0n) is 22.8. The van der Waals surface area contributed by atoms with Crippen LogP contribution in [0.2, 0.25) is 0 Å². The van der Waals surface area contributed by atoms with Gasteiger partial charge in [-0.1, -0.05) is 12.1 Å². The molecule has 0 saturated carbocycles. The van der Waals surface area contributed by atoms with E-state index in [1.807, 2.05) is 43.9 Å². The normalized spacial score (nSPS) is 18.9. The minimum Gasteiger partial charge on any atom is -0.444 e. The molecule has 0 aliphatic carbocycles. The first kappa shape index (κ1) is 27.3. The van der Waals surface area contributed by atoms with E-state index in [0.29, 0.717) is 56.7 Å². The van der Waals surface area contributed by atoms with Crippen LogP contribution in [0.4, 0.5) is 15.3 Å². The number of nitrogens with one attached hydrogen (secondary N) is 3. The summed E-state index contributed by atoms with van der Waals surface area (Å²) in [6.07, 6.45) is 1.04. The molecule has 3 aliphatic heterocycles. The smallest absolute Gasteiger partial charge is 0.410 e. The number of anilines is 1. The maximum absolute atomic E-state index is 12.8. The number of carbonyl (C=O) groups excluding carboxylic acids is 5. The maximum atomic E-state index is 12.8. The van der Waals surface area contributed by atoms with Gasteiger partial charge < -0.3 is 15.0 Å². The van der Waals surface area contributed by atoms with Crippen LogP contribution in [-0.2, 0) is 40.4 Å². The zero-order chi connectivity index (χ0) is 28.6. The third-order valence-electron chi connectivity index (χ3n) is 7.22. The third kappa shape index (κ3) is 6.15. The number of fused-ring (bicyclic) bond motifs is 2. The highest BCUT2D eigenvalue weighted by Gasteiger charge is 2.35. The molecule has 6 amide bonds. The molecule has 11 nitrogen and oxygen atoms in total. The number of piperidine rings is 1. The topological polar surface area (TPSA) is 137 Å². The van der Waals surface area contributed by atoms with Crippen molar-refractivity contribution in [2.45, 2.75) is 71.3 Å². The molecule has 0 radical (unpaired) electrons.